The Bertz CT molecular complexity index is 1270. The fourth-order valence-corrected chi connectivity index (χ4v) is 8.15. The normalized spacial score (nSPS) is 12.6. The van der Waals surface area contributed by atoms with Crippen molar-refractivity contribution in [3.8, 4) is 0 Å². The van der Waals surface area contributed by atoms with Crippen LogP contribution in [0.2, 0.25) is 0 Å². The summed E-state index contributed by atoms with van der Waals surface area (Å²) in [7, 11) is 0. The summed E-state index contributed by atoms with van der Waals surface area (Å²) in [6.07, 6.45) is 71.8. The number of carbonyl (C=O) groups excluding carboxylic acids is 3. The molecule has 0 N–H and O–H groups in total. The summed E-state index contributed by atoms with van der Waals surface area (Å²) in [5.41, 5.74) is 0. The van der Waals surface area contributed by atoms with Gasteiger partial charge >= 0.3 is 17.9 Å². The average Bonchev–Trinajstić information content (AvgIpc) is 3.34. The molecule has 0 bridgehead atoms. The van der Waals surface area contributed by atoms with Crippen molar-refractivity contribution in [1.82, 2.24) is 0 Å². The Balaban J connectivity index is 4.42. The van der Waals surface area contributed by atoms with E-state index in [1.54, 1.807) is 0 Å². The number of ether oxygens (including phenoxy) is 3. The van der Waals surface area contributed by atoms with Gasteiger partial charge in [-0.15, -0.1) is 0 Å². The number of rotatable bonds is 52. The fraction of sp³-hybridized carbons (Fsp3) is 0.758. The second-order valence-electron chi connectivity index (χ2n) is 19.2. The van der Waals surface area contributed by atoms with Gasteiger partial charge in [-0.3, -0.25) is 14.4 Å². The molecule has 0 aromatic rings. The molecule has 0 heterocycles. The minimum atomic E-state index is -0.790. The van der Waals surface area contributed by atoms with Crippen molar-refractivity contribution in [3.63, 3.8) is 0 Å². The summed E-state index contributed by atoms with van der Waals surface area (Å²) in [4.78, 5) is 38.1. The zero-order chi connectivity index (χ0) is 49.3. The molecule has 1 atom stereocenters. The third-order valence-corrected chi connectivity index (χ3v) is 12.5. The molecule has 1 unspecified atom stereocenters. The standard InChI is InChI=1S/C62H108O6/c1-4-7-10-13-16-19-22-25-28-29-30-31-32-33-35-37-40-43-46-49-52-55-61(64)67-58-59(57-66-60(63)54-51-48-45-42-39-36-27-24-21-18-15-12-9-6-3)68-62(65)56-53-50-47-44-41-38-34-26-23-20-17-14-11-8-5-2/h7,10,16,19,25,28,30-31,33,35,40,43,59H,4-6,8-9,11-15,17-18,20-24,26-27,29,32,34,36-39,41-42,44-58H2,1-3H3/b10-7-,19-16-,28-25-,31-30-,35-33-,43-40-. The van der Waals surface area contributed by atoms with E-state index >= 15 is 0 Å². The third kappa shape index (κ3) is 53.8. The molecular weight excluding hydrogens is 841 g/mol. The first-order valence-corrected chi connectivity index (χ1v) is 28.9. The highest BCUT2D eigenvalue weighted by molar-refractivity contribution is 5.71. The largest absolute Gasteiger partial charge is 0.462 e. The zero-order valence-electron chi connectivity index (χ0n) is 44.9. The molecule has 0 aliphatic heterocycles. The highest BCUT2D eigenvalue weighted by Gasteiger charge is 2.19. The van der Waals surface area contributed by atoms with Gasteiger partial charge < -0.3 is 14.2 Å². The van der Waals surface area contributed by atoms with Crippen LogP contribution in [0.5, 0.6) is 0 Å². The molecule has 0 saturated carbocycles. The van der Waals surface area contributed by atoms with Crippen molar-refractivity contribution in [1.29, 1.82) is 0 Å². The summed E-state index contributed by atoms with van der Waals surface area (Å²) in [6.45, 7) is 6.52. The number of allylic oxidation sites excluding steroid dienone is 12. The number of esters is 3. The SMILES string of the molecule is CC/C=C\C/C=C\C/C=C\C/C=C\C/C=C\C/C=C\CCCCC(=O)OCC(COC(=O)CCCCCCCCCCCCCCCC)OC(=O)CCCCCCCCCCCCCCCCC. The van der Waals surface area contributed by atoms with Gasteiger partial charge in [-0.25, -0.2) is 0 Å². The Morgan fingerprint density at radius 3 is 0.897 bits per heavy atom. The number of carbonyl (C=O) groups is 3. The lowest BCUT2D eigenvalue weighted by molar-refractivity contribution is -0.167. The van der Waals surface area contributed by atoms with Crippen molar-refractivity contribution < 1.29 is 28.6 Å². The van der Waals surface area contributed by atoms with Crippen LogP contribution >= 0.6 is 0 Å². The Labute approximate surface area is 421 Å². The number of unbranched alkanes of at least 4 members (excludes halogenated alkanes) is 29. The van der Waals surface area contributed by atoms with Crippen LogP contribution in [-0.4, -0.2) is 37.2 Å². The van der Waals surface area contributed by atoms with Gasteiger partial charge in [-0.1, -0.05) is 267 Å². The average molecular weight is 950 g/mol. The van der Waals surface area contributed by atoms with Gasteiger partial charge in [-0.05, 0) is 70.6 Å². The number of hydrogen-bond acceptors (Lipinski definition) is 6. The van der Waals surface area contributed by atoms with Crippen LogP contribution in [0.15, 0.2) is 72.9 Å². The maximum Gasteiger partial charge on any atom is 0.306 e. The molecule has 0 fully saturated rings. The topological polar surface area (TPSA) is 78.9 Å². The summed E-state index contributed by atoms with van der Waals surface area (Å²) < 4.78 is 16.8. The molecule has 0 saturated heterocycles. The van der Waals surface area contributed by atoms with E-state index < -0.39 is 6.10 Å². The van der Waals surface area contributed by atoms with E-state index in [0.717, 1.165) is 96.3 Å². The lowest BCUT2D eigenvalue weighted by Gasteiger charge is -2.18. The van der Waals surface area contributed by atoms with Gasteiger partial charge in [0.05, 0.1) is 0 Å². The summed E-state index contributed by atoms with van der Waals surface area (Å²) in [5.74, 6) is -0.918. The van der Waals surface area contributed by atoms with Crippen LogP contribution in [0.1, 0.15) is 284 Å². The molecule has 0 aliphatic rings. The van der Waals surface area contributed by atoms with Crippen LogP contribution in [0.25, 0.3) is 0 Å². The van der Waals surface area contributed by atoms with E-state index in [4.69, 9.17) is 14.2 Å². The minimum absolute atomic E-state index is 0.0853. The second kappa shape index (κ2) is 56.4. The second-order valence-corrected chi connectivity index (χ2v) is 19.2. The quantitative estimate of drug-likeness (QED) is 0.0262. The zero-order valence-corrected chi connectivity index (χ0v) is 44.9. The Morgan fingerprint density at radius 1 is 0.309 bits per heavy atom. The Hall–Kier alpha value is -3.15. The van der Waals surface area contributed by atoms with Crippen LogP contribution < -0.4 is 0 Å². The van der Waals surface area contributed by atoms with Crippen molar-refractivity contribution >= 4 is 17.9 Å². The van der Waals surface area contributed by atoms with E-state index in [0.29, 0.717) is 19.3 Å². The monoisotopic (exact) mass is 949 g/mol. The van der Waals surface area contributed by atoms with E-state index in [1.807, 2.05) is 0 Å². The first-order valence-electron chi connectivity index (χ1n) is 28.9. The van der Waals surface area contributed by atoms with Crippen LogP contribution in [0.4, 0.5) is 0 Å². The maximum absolute atomic E-state index is 12.8. The van der Waals surface area contributed by atoms with Gasteiger partial charge in [-0.2, -0.15) is 0 Å². The van der Waals surface area contributed by atoms with Gasteiger partial charge in [0.2, 0.25) is 0 Å². The van der Waals surface area contributed by atoms with Crippen molar-refractivity contribution in [2.45, 2.75) is 290 Å². The predicted octanol–water partition coefficient (Wildman–Crippen LogP) is 19.4. The van der Waals surface area contributed by atoms with Crippen molar-refractivity contribution in [3.05, 3.63) is 72.9 Å². The molecule has 6 nitrogen and oxygen atoms in total. The highest BCUT2D eigenvalue weighted by Crippen LogP contribution is 2.16. The van der Waals surface area contributed by atoms with Crippen molar-refractivity contribution in [2.24, 2.45) is 0 Å². The van der Waals surface area contributed by atoms with E-state index in [9.17, 15) is 14.4 Å². The molecule has 0 spiro atoms. The molecule has 6 heteroatoms. The lowest BCUT2D eigenvalue weighted by atomic mass is 10.0. The van der Waals surface area contributed by atoms with Gasteiger partial charge in [0.1, 0.15) is 13.2 Å². The summed E-state index contributed by atoms with van der Waals surface area (Å²) in [6, 6.07) is 0. The molecule has 0 radical (unpaired) electrons. The van der Waals surface area contributed by atoms with Gasteiger partial charge in [0.25, 0.3) is 0 Å². The predicted molar refractivity (Wildman–Crippen MR) is 293 cm³/mol. The Morgan fingerprint density at radius 2 is 0.574 bits per heavy atom. The molecule has 0 aromatic carbocycles. The maximum atomic E-state index is 12.8. The first kappa shape index (κ1) is 64.8. The van der Waals surface area contributed by atoms with Crippen LogP contribution in [0, 0.1) is 0 Å². The van der Waals surface area contributed by atoms with Gasteiger partial charge in [0.15, 0.2) is 6.10 Å². The molecule has 392 valence electrons. The Kier molecular flexibility index (Phi) is 53.8. The lowest BCUT2D eigenvalue weighted by Crippen LogP contribution is -2.30. The molecule has 0 aliphatic carbocycles. The summed E-state index contributed by atoms with van der Waals surface area (Å²) >= 11 is 0. The minimum Gasteiger partial charge on any atom is -0.462 e. The van der Waals surface area contributed by atoms with E-state index in [1.165, 1.54) is 148 Å². The molecule has 0 aromatic heterocycles. The van der Waals surface area contributed by atoms with E-state index in [2.05, 4.69) is 93.7 Å². The molecular formula is C62H108O6. The molecule has 68 heavy (non-hydrogen) atoms. The number of hydrogen-bond donors (Lipinski definition) is 0. The fourth-order valence-electron chi connectivity index (χ4n) is 8.15. The molecule has 0 amide bonds. The van der Waals surface area contributed by atoms with Gasteiger partial charge in [0, 0.05) is 19.3 Å². The summed E-state index contributed by atoms with van der Waals surface area (Å²) in [5, 5.41) is 0. The smallest absolute Gasteiger partial charge is 0.306 e. The third-order valence-electron chi connectivity index (χ3n) is 12.5. The van der Waals surface area contributed by atoms with E-state index in [-0.39, 0.29) is 31.1 Å². The highest BCUT2D eigenvalue weighted by atomic mass is 16.6. The van der Waals surface area contributed by atoms with Crippen molar-refractivity contribution in [2.75, 3.05) is 13.2 Å². The van der Waals surface area contributed by atoms with Crippen LogP contribution in [-0.2, 0) is 28.6 Å². The first-order chi connectivity index (χ1) is 33.5. The molecule has 0 rings (SSSR count). The van der Waals surface area contributed by atoms with Crippen LogP contribution in [0.3, 0.4) is 0 Å².